The molecule has 0 spiro atoms. The second kappa shape index (κ2) is 4.56. The Morgan fingerprint density at radius 2 is 1.89 bits per heavy atom. The van der Waals surface area contributed by atoms with Crippen molar-refractivity contribution < 1.29 is 4.42 Å². The molecule has 19 heavy (non-hydrogen) atoms. The third kappa shape index (κ3) is 2.27. The van der Waals surface area contributed by atoms with Crippen molar-refractivity contribution in [2.45, 2.75) is 19.9 Å². The average molecular weight is 251 g/mol. The van der Waals surface area contributed by atoms with Gasteiger partial charge in [0.1, 0.15) is 11.3 Å². The fraction of sp³-hybridized carbons (Fsp3) is 0.176. The zero-order valence-corrected chi connectivity index (χ0v) is 11.2. The lowest BCUT2D eigenvalue weighted by Gasteiger charge is -2.06. The van der Waals surface area contributed by atoms with Gasteiger partial charge in [-0.1, -0.05) is 29.8 Å². The first-order chi connectivity index (χ1) is 9.13. The summed E-state index contributed by atoms with van der Waals surface area (Å²) in [7, 11) is 0. The van der Waals surface area contributed by atoms with Crippen LogP contribution in [-0.4, -0.2) is 0 Å². The van der Waals surface area contributed by atoms with Crippen molar-refractivity contribution in [1.82, 2.24) is 0 Å². The minimum Gasteiger partial charge on any atom is -0.456 e. The maximum absolute atomic E-state index is 5.93. The Bertz CT molecular complexity index is 725. The number of furan rings is 1. The van der Waals surface area contributed by atoms with E-state index < -0.39 is 0 Å². The molecule has 1 unspecified atom stereocenters. The summed E-state index contributed by atoms with van der Waals surface area (Å²) in [6.07, 6.45) is 0. The minimum absolute atomic E-state index is 0.0339. The quantitative estimate of drug-likeness (QED) is 0.731. The molecule has 0 saturated heterocycles. The Hall–Kier alpha value is -2.06. The Morgan fingerprint density at radius 1 is 1.05 bits per heavy atom. The van der Waals surface area contributed by atoms with E-state index in [2.05, 4.69) is 37.3 Å². The Morgan fingerprint density at radius 3 is 2.68 bits per heavy atom. The molecular weight excluding hydrogens is 234 g/mol. The molecule has 3 aromatic rings. The first kappa shape index (κ1) is 12.0. The maximum Gasteiger partial charge on any atom is 0.135 e. The van der Waals surface area contributed by atoms with Crippen molar-refractivity contribution in [1.29, 1.82) is 0 Å². The van der Waals surface area contributed by atoms with Gasteiger partial charge in [-0.2, -0.15) is 0 Å². The summed E-state index contributed by atoms with van der Waals surface area (Å²) in [5, 5.41) is 1.14. The van der Waals surface area contributed by atoms with Gasteiger partial charge in [0.15, 0.2) is 0 Å². The fourth-order valence-electron chi connectivity index (χ4n) is 2.28. The van der Waals surface area contributed by atoms with Gasteiger partial charge in [-0.25, -0.2) is 0 Å². The number of hydrogen-bond donors (Lipinski definition) is 1. The summed E-state index contributed by atoms with van der Waals surface area (Å²) in [4.78, 5) is 0. The highest BCUT2D eigenvalue weighted by molar-refractivity contribution is 5.83. The number of fused-ring (bicyclic) bond motifs is 1. The topological polar surface area (TPSA) is 39.2 Å². The van der Waals surface area contributed by atoms with Crippen molar-refractivity contribution >= 4 is 11.0 Å². The van der Waals surface area contributed by atoms with Gasteiger partial charge in [0.2, 0.25) is 0 Å². The summed E-state index contributed by atoms with van der Waals surface area (Å²) >= 11 is 0. The summed E-state index contributed by atoms with van der Waals surface area (Å²) in [5.74, 6) is 0.892. The van der Waals surface area contributed by atoms with Crippen LogP contribution in [0.4, 0.5) is 0 Å². The van der Waals surface area contributed by atoms with Crippen LogP contribution in [0.1, 0.15) is 24.1 Å². The first-order valence-electron chi connectivity index (χ1n) is 6.49. The Balaban J connectivity index is 2.11. The van der Waals surface area contributed by atoms with Crippen molar-refractivity contribution in [2.24, 2.45) is 5.73 Å². The lowest BCUT2D eigenvalue weighted by atomic mass is 10.0. The molecular formula is C17H17NO. The molecule has 0 bridgehead atoms. The third-order valence-corrected chi connectivity index (χ3v) is 3.37. The van der Waals surface area contributed by atoms with E-state index in [0.29, 0.717) is 0 Å². The van der Waals surface area contributed by atoms with E-state index in [1.54, 1.807) is 0 Å². The van der Waals surface area contributed by atoms with E-state index >= 15 is 0 Å². The highest BCUT2D eigenvalue weighted by Gasteiger charge is 2.08. The van der Waals surface area contributed by atoms with Gasteiger partial charge in [-0.15, -0.1) is 0 Å². The molecule has 1 aromatic heterocycles. The predicted molar refractivity (Wildman–Crippen MR) is 79.0 cm³/mol. The standard InChI is InChI=1S/C17H17NO/c1-11-6-7-16-15(8-11)10-17(19-16)14-5-3-4-13(9-14)12(2)18/h3-10,12H,18H2,1-2H3. The number of rotatable bonds is 2. The zero-order chi connectivity index (χ0) is 13.4. The normalized spacial score (nSPS) is 12.8. The van der Waals surface area contributed by atoms with Crippen molar-refractivity contribution in [3.8, 4) is 11.3 Å². The van der Waals surface area contributed by atoms with E-state index in [-0.39, 0.29) is 6.04 Å². The second-order valence-corrected chi connectivity index (χ2v) is 5.07. The number of nitrogens with two attached hydrogens (primary N) is 1. The van der Waals surface area contributed by atoms with Crippen LogP contribution in [-0.2, 0) is 0 Å². The monoisotopic (exact) mass is 251 g/mol. The predicted octanol–water partition coefficient (Wildman–Crippen LogP) is 4.43. The number of hydrogen-bond acceptors (Lipinski definition) is 2. The van der Waals surface area contributed by atoms with Gasteiger partial charge in [-0.05, 0) is 43.7 Å². The van der Waals surface area contributed by atoms with E-state index in [1.807, 2.05) is 25.1 Å². The molecule has 2 aromatic carbocycles. The average Bonchev–Trinajstić information content (AvgIpc) is 2.81. The Labute approximate surface area is 112 Å². The van der Waals surface area contributed by atoms with Crippen LogP contribution in [0, 0.1) is 6.92 Å². The summed E-state index contributed by atoms with van der Waals surface area (Å²) < 4.78 is 5.90. The lowest BCUT2D eigenvalue weighted by molar-refractivity contribution is 0.631. The molecule has 2 N–H and O–H groups in total. The van der Waals surface area contributed by atoms with Crippen molar-refractivity contribution in [3.05, 3.63) is 59.7 Å². The van der Waals surface area contributed by atoms with Crippen LogP contribution in [0.2, 0.25) is 0 Å². The molecule has 0 radical (unpaired) electrons. The van der Waals surface area contributed by atoms with Crippen LogP contribution >= 0.6 is 0 Å². The first-order valence-corrected chi connectivity index (χ1v) is 6.49. The largest absolute Gasteiger partial charge is 0.456 e. The fourth-order valence-corrected chi connectivity index (χ4v) is 2.28. The smallest absolute Gasteiger partial charge is 0.135 e. The van der Waals surface area contributed by atoms with Crippen molar-refractivity contribution in [3.63, 3.8) is 0 Å². The molecule has 0 amide bonds. The molecule has 0 saturated carbocycles. The third-order valence-electron chi connectivity index (χ3n) is 3.37. The van der Waals surface area contributed by atoms with Crippen LogP contribution in [0.3, 0.4) is 0 Å². The van der Waals surface area contributed by atoms with Gasteiger partial charge < -0.3 is 10.2 Å². The zero-order valence-electron chi connectivity index (χ0n) is 11.2. The van der Waals surface area contributed by atoms with Gasteiger partial charge in [0.05, 0.1) is 0 Å². The van der Waals surface area contributed by atoms with Gasteiger partial charge >= 0.3 is 0 Å². The van der Waals surface area contributed by atoms with Crippen LogP contribution < -0.4 is 5.73 Å². The molecule has 1 atom stereocenters. The maximum atomic E-state index is 5.93. The van der Waals surface area contributed by atoms with Gasteiger partial charge in [-0.3, -0.25) is 0 Å². The van der Waals surface area contributed by atoms with E-state index in [0.717, 1.165) is 27.9 Å². The van der Waals surface area contributed by atoms with E-state index in [9.17, 15) is 0 Å². The molecule has 96 valence electrons. The Kier molecular flexibility index (Phi) is 2.88. The van der Waals surface area contributed by atoms with Crippen LogP contribution in [0.25, 0.3) is 22.3 Å². The van der Waals surface area contributed by atoms with Crippen molar-refractivity contribution in [2.75, 3.05) is 0 Å². The van der Waals surface area contributed by atoms with Crippen LogP contribution in [0.15, 0.2) is 52.9 Å². The minimum atomic E-state index is 0.0339. The highest BCUT2D eigenvalue weighted by atomic mass is 16.3. The summed E-state index contributed by atoms with van der Waals surface area (Å²) in [5.41, 5.74) is 10.3. The second-order valence-electron chi connectivity index (χ2n) is 5.07. The van der Waals surface area contributed by atoms with E-state index in [1.165, 1.54) is 5.56 Å². The van der Waals surface area contributed by atoms with E-state index in [4.69, 9.17) is 10.2 Å². The molecule has 0 fully saturated rings. The van der Waals surface area contributed by atoms with Gasteiger partial charge in [0.25, 0.3) is 0 Å². The SMILES string of the molecule is Cc1ccc2oc(-c3cccc(C(C)N)c3)cc2c1. The van der Waals surface area contributed by atoms with Crippen LogP contribution in [0.5, 0.6) is 0 Å². The summed E-state index contributed by atoms with van der Waals surface area (Å²) in [6, 6.07) is 16.5. The molecule has 0 aliphatic heterocycles. The summed E-state index contributed by atoms with van der Waals surface area (Å²) in [6.45, 7) is 4.07. The molecule has 0 aliphatic rings. The lowest BCUT2D eigenvalue weighted by Crippen LogP contribution is -2.04. The molecule has 2 heteroatoms. The highest BCUT2D eigenvalue weighted by Crippen LogP contribution is 2.29. The molecule has 3 rings (SSSR count). The number of aryl methyl sites for hydroxylation is 1. The molecule has 1 heterocycles. The molecule has 0 aliphatic carbocycles. The van der Waals surface area contributed by atoms with Gasteiger partial charge in [0, 0.05) is 17.0 Å². The molecule has 2 nitrogen and oxygen atoms in total. The number of benzene rings is 2.